The van der Waals surface area contributed by atoms with Crippen LogP contribution in [0.1, 0.15) is 5.82 Å². The first-order valence-corrected chi connectivity index (χ1v) is 10.5. The second-order valence-corrected chi connectivity index (χ2v) is 8.14. The van der Waals surface area contributed by atoms with E-state index in [0.29, 0.717) is 23.4 Å². The van der Waals surface area contributed by atoms with Gasteiger partial charge in [0.25, 0.3) is 10.0 Å². The Morgan fingerprint density at radius 3 is 2.39 bits per heavy atom. The fraction of sp³-hybridized carbons (Fsp3) is 0.0500. The molecule has 0 radical (unpaired) electrons. The summed E-state index contributed by atoms with van der Waals surface area (Å²) in [5.41, 5.74) is 0.818. The molecule has 0 aliphatic heterocycles. The minimum atomic E-state index is -4.29. The van der Waals surface area contributed by atoms with E-state index in [1.165, 1.54) is 18.5 Å². The zero-order valence-corrected chi connectivity index (χ0v) is 16.9. The number of anilines is 3. The molecule has 4 rings (SSSR count). The van der Waals surface area contributed by atoms with Crippen LogP contribution < -0.4 is 10.0 Å². The Balaban J connectivity index is 1.50. The first-order chi connectivity index (χ1) is 14.8. The Morgan fingerprint density at radius 1 is 0.935 bits per heavy atom. The SMILES string of the molecule is Cc1nccn1-c1cc(Nc2ccc(NS(=O)(=O)c3cc(F)ccc3F)cc2)ncn1. The molecule has 2 N–H and O–H groups in total. The lowest BCUT2D eigenvalue weighted by molar-refractivity contribution is 0.555. The van der Waals surface area contributed by atoms with Crippen LogP contribution in [0.2, 0.25) is 0 Å². The van der Waals surface area contributed by atoms with E-state index in [1.54, 1.807) is 35.2 Å². The van der Waals surface area contributed by atoms with E-state index in [-0.39, 0.29) is 5.69 Å². The third-order valence-electron chi connectivity index (χ3n) is 4.32. The Labute approximate surface area is 176 Å². The number of nitrogens with one attached hydrogen (secondary N) is 2. The molecule has 2 heterocycles. The molecule has 11 heteroatoms. The van der Waals surface area contributed by atoms with Crippen molar-refractivity contribution in [3.63, 3.8) is 0 Å². The monoisotopic (exact) mass is 442 g/mol. The molecule has 0 fully saturated rings. The number of hydrogen-bond acceptors (Lipinski definition) is 6. The predicted molar refractivity (Wildman–Crippen MR) is 111 cm³/mol. The lowest BCUT2D eigenvalue weighted by Crippen LogP contribution is -2.14. The molecule has 31 heavy (non-hydrogen) atoms. The molecule has 0 saturated heterocycles. The van der Waals surface area contributed by atoms with E-state index >= 15 is 0 Å². The van der Waals surface area contributed by atoms with E-state index in [2.05, 4.69) is 25.0 Å². The highest BCUT2D eigenvalue weighted by molar-refractivity contribution is 7.92. The maximum Gasteiger partial charge on any atom is 0.264 e. The molecule has 2 aromatic carbocycles. The van der Waals surface area contributed by atoms with Gasteiger partial charge in [-0.2, -0.15) is 0 Å². The minimum Gasteiger partial charge on any atom is -0.340 e. The molecule has 158 valence electrons. The summed E-state index contributed by atoms with van der Waals surface area (Å²) in [7, 11) is -4.29. The van der Waals surface area contributed by atoms with Crippen molar-refractivity contribution in [3.8, 4) is 5.82 Å². The third-order valence-corrected chi connectivity index (χ3v) is 5.71. The molecule has 0 atom stereocenters. The van der Waals surface area contributed by atoms with Gasteiger partial charge >= 0.3 is 0 Å². The molecule has 0 aliphatic rings. The number of sulfonamides is 1. The summed E-state index contributed by atoms with van der Waals surface area (Å²) in [5, 5.41) is 3.09. The standard InChI is InChI=1S/C20H16F2N6O2S/c1-13-23-8-9-28(13)20-11-19(24-12-25-20)26-15-3-5-16(6-4-15)27-31(29,30)18-10-14(21)2-7-17(18)22/h2-12,27H,1H3,(H,24,25,26). The van der Waals surface area contributed by atoms with Gasteiger partial charge < -0.3 is 5.32 Å². The van der Waals surface area contributed by atoms with Crippen molar-refractivity contribution in [1.82, 2.24) is 19.5 Å². The fourth-order valence-corrected chi connectivity index (χ4v) is 3.98. The fourth-order valence-electron chi connectivity index (χ4n) is 2.83. The number of imidazole rings is 1. The highest BCUT2D eigenvalue weighted by Gasteiger charge is 2.20. The Morgan fingerprint density at radius 2 is 1.68 bits per heavy atom. The van der Waals surface area contributed by atoms with Crippen LogP contribution in [-0.2, 0) is 10.0 Å². The molecule has 0 unspecified atom stereocenters. The van der Waals surface area contributed by atoms with Crippen LogP contribution in [-0.4, -0.2) is 27.9 Å². The lowest BCUT2D eigenvalue weighted by Gasteiger charge is -2.11. The first-order valence-electron chi connectivity index (χ1n) is 8.99. The van der Waals surface area contributed by atoms with Crippen LogP contribution >= 0.6 is 0 Å². The van der Waals surface area contributed by atoms with E-state index in [9.17, 15) is 17.2 Å². The molecule has 0 saturated carbocycles. The van der Waals surface area contributed by atoms with Gasteiger partial charge in [-0.05, 0) is 49.4 Å². The topological polar surface area (TPSA) is 102 Å². The van der Waals surface area contributed by atoms with Crippen molar-refractivity contribution < 1.29 is 17.2 Å². The molecule has 8 nitrogen and oxygen atoms in total. The zero-order chi connectivity index (χ0) is 22.0. The Hall–Kier alpha value is -3.86. The van der Waals surface area contributed by atoms with Crippen molar-refractivity contribution >= 4 is 27.2 Å². The van der Waals surface area contributed by atoms with Crippen LogP contribution in [0, 0.1) is 18.6 Å². The predicted octanol–water partition coefficient (Wildman–Crippen LogP) is 3.79. The van der Waals surface area contributed by atoms with Gasteiger partial charge in [-0.15, -0.1) is 0 Å². The number of nitrogens with zero attached hydrogens (tertiary/aromatic N) is 4. The number of hydrogen-bond donors (Lipinski definition) is 2. The molecule has 0 amide bonds. The maximum atomic E-state index is 13.8. The smallest absolute Gasteiger partial charge is 0.264 e. The van der Waals surface area contributed by atoms with Gasteiger partial charge in [0.2, 0.25) is 0 Å². The van der Waals surface area contributed by atoms with Crippen molar-refractivity contribution in [3.05, 3.63) is 84.7 Å². The summed E-state index contributed by atoms with van der Waals surface area (Å²) in [6, 6.07) is 10.2. The Bertz CT molecular complexity index is 1340. The quantitative estimate of drug-likeness (QED) is 0.471. The van der Waals surface area contributed by atoms with Crippen LogP contribution in [0.4, 0.5) is 26.0 Å². The number of aromatic nitrogens is 4. The summed E-state index contributed by atoms with van der Waals surface area (Å²) >= 11 is 0. The number of rotatable bonds is 6. The molecular formula is C20H16F2N6O2S. The van der Waals surface area contributed by atoms with E-state index < -0.39 is 26.6 Å². The summed E-state index contributed by atoms with van der Waals surface area (Å²) in [6.45, 7) is 1.85. The van der Waals surface area contributed by atoms with Gasteiger partial charge in [-0.1, -0.05) is 0 Å². The molecule has 0 bridgehead atoms. The van der Waals surface area contributed by atoms with Crippen molar-refractivity contribution in [2.75, 3.05) is 10.0 Å². The average molecular weight is 442 g/mol. The van der Waals surface area contributed by atoms with E-state index in [0.717, 1.165) is 18.0 Å². The molecule has 0 aliphatic carbocycles. The summed E-state index contributed by atoms with van der Waals surface area (Å²) in [5.74, 6) is 0.0367. The molecule has 2 aromatic heterocycles. The van der Waals surface area contributed by atoms with Gasteiger partial charge in [0, 0.05) is 29.8 Å². The van der Waals surface area contributed by atoms with Gasteiger partial charge in [0.05, 0.1) is 0 Å². The lowest BCUT2D eigenvalue weighted by atomic mass is 10.3. The second-order valence-electron chi connectivity index (χ2n) is 6.49. The molecular weight excluding hydrogens is 426 g/mol. The van der Waals surface area contributed by atoms with Gasteiger partial charge in [0.1, 0.15) is 40.3 Å². The van der Waals surface area contributed by atoms with E-state index in [1.807, 2.05) is 6.92 Å². The largest absolute Gasteiger partial charge is 0.340 e. The van der Waals surface area contributed by atoms with Crippen molar-refractivity contribution in [2.24, 2.45) is 0 Å². The molecule has 4 aromatic rings. The first kappa shape index (κ1) is 20.4. The number of halogens is 2. The zero-order valence-electron chi connectivity index (χ0n) is 16.1. The highest BCUT2D eigenvalue weighted by Crippen LogP contribution is 2.23. The van der Waals surface area contributed by atoms with Crippen LogP contribution in [0.25, 0.3) is 5.82 Å². The third kappa shape index (κ3) is 4.51. The summed E-state index contributed by atoms with van der Waals surface area (Å²) in [4.78, 5) is 11.8. The van der Waals surface area contributed by atoms with E-state index in [4.69, 9.17) is 0 Å². The van der Waals surface area contributed by atoms with Gasteiger partial charge in [0.15, 0.2) is 0 Å². The minimum absolute atomic E-state index is 0.187. The van der Waals surface area contributed by atoms with Gasteiger partial charge in [-0.25, -0.2) is 32.2 Å². The summed E-state index contributed by atoms with van der Waals surface area (Å²) in [6.07, 6.45) is 4.86. The number of benzene rings is 2. The summed E-state index contributed by atoms with van der Waals surface area (Å²) < 4.78 is 55.9. The average Bonchev–Trinajstić information content (AvgIpc) is 3.17. The maximum absolute atomic E-state index is 13.8. The van der Waals surface area contributed by atoms with Crippen LogP contribution in [0.5, 0.6) is 0 Å². The normalized spacial score (nSPS) is 11.3. The Kier molecular flexibility index (Phi) is 5.34. The second kappa shape index (κ2) is 8.11. The van der Waals surface area contributed by atoms with Gasteiger partial charge in [-0.3, -0.25) is 9.29 Å². The van der Waals surface area contributed by atoms with Crippen molar-refractivity contribution in [1.29, 1.82) is 0 Å². The van der Waals surface area contributed by atoms with Crippen LogP contribution in [0.3, 0.4) is 0 Å². The van der Waals surface area contributed by atoms with Crippen LogP contribution in [0.15, 0.2) is 72.1 Å². The highest BCUT2D eigenvalue weighted by atomic mass is 32.2. The molecule has 0 spiro atoms. The van der Waals surface area contributed by atoms with Crippen molar-refractivity contribution in [2.45, 2.75) is 11.8 Å². The number of aryl methyl sites for hydroxylation is 1.